The van der Waals surface area contributed by atoms with Crippen molar-refractivity contribution in [3.05, 3.63) is 11.6 Å². The first-order chi connectivity index (χ1) is 6.72. The Bertz CT molecular complexity index is 183. The summed E-state index contributed by atoms with van der Waals surface area (Å²) in [5.74, 6) is -1.01. The molecule has 0 saturated heterocycles. The van der Waals surface area contributed by atoms with Crippen molar-refractivity contribution in [2.45, 2.75) is 58.8 Å². The van der Waals surface area contributed by atoms with Gasteiger partial charge in [0.2, 0.25) is 0 Å². The van der Waals surface area contributed by atoms with E-state index in [1.165, 1.54) is 25.7 Å². The predicted octanol–water partition coefficient (Wildman–Crippen LogP) is 2.43. The van der Waals surface area contributed by atoms with Crippen molar-refractivity contribution < 1.29 is 9.90 Å². The summed E-state index contributed by atoms with van der Waals surface area (Å²) < 4.78 is 0. The molecule has 0 aliphatic carbocycles. The molecule has 0 unspecified atom stereocenters. The van der Waals surface area contributed by atoms with E-state index < -0.39 is 5.97 Å². The van der Waals surface area contributed by atoms with Gasteiger partial charge in [0.15, 0.2) is 0 Å². The molecular weight excluding hydrogens is 176 g/mol. The van der Waals surface area contributed by atoms with E-state index in [0.717, 1.165) is 12.8 Å². The van der Waals surface area contributed by atoms with Gasteiger partial charge in [-0.15, -0.1) is 0 Å². The molecule has 82 valence electrons. The van der Waals surface area contributed by atoms with Crippen molar-refractivity contribution in [2.24, 2.45) is 0 Å². The molecule has 0 aliphatic rings. The fraction of sp³-hybridized carbons (Fsp3) is 0.750. The van der Waals surface area contributed by atoms with Crippen LogP contribution >= 0.6 is 0 Å². The molecule has 0 bridgehead atoms. The van der Waals surface area contributed by atoms with Crippen LogP contribution in [0.5, 0.6) is 0 Å². The van der Waals surface area contributed by atoms with E-state index in [0.29, 0.717) is 12.0 Å². The van der Waals surface area contributed by atoms with Gasteiger partial charge in [-0.05, 0) is 24.8 Å². The smallest absolute Gasteiger partial charge is 0.0671 e. The molecule has 0 saturated carbocycles. The van der Waals surface area contributed by atoms with Gasteiger partial charge in [-0.1, -0.05) is 45.6 Å². The van der Waals surface area contributed by atoms with Crippen molar-refractivity contribution in [1.29, 1.82) is 0 Å². The quantitative estimate of drug-likeness (QED) is 0.443. The molecular formula is C12H21O2-. The molecule has 0 N–H and O–H groups in total. The number of aliphatic carboxylic acids is 1. The molecule has 0 heterocycles. The minimum atomic E-state index is -1.01. The lowest BCUT2D eigenvalue weighted by atomic mass is 10.1. The van der Waals surface area contributed by atoms with Crippen LogP contribution in [0.3, 0.4) is 0 Å². The molecule has 0 atom stereocenters. The van der Waals surface area contributed by atoms with Crippen LogP contribution in [0.1, 0.15) is 58.8 Å². The largest absolute Gasteiger partial charge is 0.545 e. The summed E-state index contributed by atoms with van der Waals surface area (Å²) in [5, 5.41) is 10.5. The average molecular weight is 197 g/mol. The Labute approximate surface area is 87.0 Å². The van der Waals surface area contributed by atoms with Crippen LogP contribution in [0.25, 0.3) is 0 Å². The summed E-state index contributed by atoms with van der Waals surface area (Å²) in [6.07, 6.45) is 9.33. The van der Waals surface area contributed by atoms with Gasteiger partial charge in [0.25, 0.3) is 0 Å². The normalized spacial score (nSPS) is 11.7. The lowest BCUT2D eigenvalue weighted by Gasteiger charge is -2.04. The molecule has 0 fully saturated rings. The van der Waals surface area contributed by atoms with Crippen LogP contribution in [-0.4, -0.2) is 5.97 Å². The monoisotopic (exact) mass is 197 g/mol. The number of hydrogen-bond acceptors (Lipinski definition) is 2. The number of carboxylic acid groups (broad SMARTS) is 1. The topological polar surface area (TPSA) is 40.1 Å². The Balaban J connectivity index is 3.53. The van der Waals surface area contributed by atoms with E-state index in [2.05, 4.69) is 6.92 Å². The van der Waals surface area contributed by atoms with Crippen molar-refractivity contribution >= 4 is 5.97 Å². The summed E-state index contributed by atoms with van der Waals surface area (Å²) in [4.78, 5) is 10.5. The van der Waals surface area contributed by atoms with Gasteiger partial charge in [0, 0.05) is 0 Å². The lowest BCUT2D eigenvalue weighted by Crippen LogP contribution is -2.24. The van der Waals surface area contributed by atoms with Gasteiger partial charge in [-0.3, -0.25) is 0 Å². The van der Waals surface area contributed by atoms with E-state index in [-0.39, 0.29) is 0 Å². The Morgan fingerprint density at radius 1 is 1.14 bits per heavy atom. The van der Waals surface area contributed by atoms with Gasteiger partial charge < -0.3 is 9.90 Å². The maximum atomic E-state index is 10.5. The minimum Gasteiger partial charge on any atom is -0.545 e. The highest BCUT2D eigenvalue weighted by Gasteiger charge is 1.93. The van der Waals surface area contributed by atoms with Gasteiger partial charge in [0.05, 0.1) is 5.97 Å². The number of unbranched alkanes of at least 4 members (excludes halogenated alkanes) is 5. The Morgan fingerprint density at radius 3 is 2.29 bits per heavy atom. The van der Waals surface area contributed by atoms with Gasteiger partial charge in [-0.25, -0.2) is 0 Å². The van der Waals surface area contributed by atoms with Crippen LogP contribution < -0.4 is 5.11 Å². The molecule has 0 radical (unpaired) electrons. The minimum absolute atomic E-state index is 0.445. The second-order valence-corrected chi connectivity index (χ2v) is 3.57. The molecule has 0 aromatic heterocycles. The number of hydrogen-bond donors (Lipinski definition) is 0. The third kappa shape index (κ3) is 6.70. The molecule has 0 aliphatic heterocycles. The summed E-state index contributed by atoms with van der Waals surface area (Å²) in [6.45, 7) is 4.03. The second kappa shape index (κ2) is 8.79. The van der Waals surface area contributed by atoms with E-state index in [1.807, 2.05) is 6.92 Å². The molecule has 14 heavy (non-hydrogen) atoms. The number of carbonyl (C=O) groups excluding carboxylic acids is 1. The number of rotatable bonds is 8. The Morgan fingerprint density at radius 2 is 1.79 bits per heavy atom. The first kappa shape index (κ1) is 13.2. The highest BCUT2D eigenvalue weighted by atomic mass is 16.4. The fourth-order valence-corrected chi connectivity index (χ4v) is 1.40. The SMILES string of the molecule is CCCCCCC/C=C(\CC)C(=O)[O-]. The third-order valence-electron chi connectivity index (χ3n) is 2.34. The van der Waals surface area contributed by atoms with Gasteiger partial charge in [-0.2, -0.15) is 0 Å². The number of carboxylic acids is 1. The second-order valence-electron chi connectivity index (χ2n) is 3.57. The zero-order valence-electron chi connectivity index (χ0n) is 9.34. The summed E-state index contributed by atoms with van der Waals surface area (Å²) in [5.41, 5.74) is 0.445. The van der Waals surface area contributed by atoms with Gasteiger partial charge >= 0.3 is 0 Å². The molecule has 0 rings (SSSR count). The Kier molecular flexibility index (Phi) is 8.30. The predicted molar refractivity (Wildman–Crippen MR) is 56.8 cm³/mol. The summed E-state index contributed by atoms with van der Waals surface area (Å²) in [6, 6.07) is 0. The van der Waals surface area contributed by atoms with Crippen molar-refractivity contribution in [2.75, 3.05) is 0 Å². The lowest BCUT2D eigenvalue weighted by molar-refractivity contribution is -0.299. The zero-order chi connectivity index (χ0) is 10.8. The third-order valence-corrected chi connectivity index (χ3v) is 2.34. The van der Waals surface area contributed by atoms with E-state index in [1.54, 1.807) is 6.08 Å². The van der Waals surface area contributed by atoms with E-state index in [9.17, 15) is 9.90 Å². The highest BCUT2D eigenvalue weighted by molar-refractivity contribution is 5.84. The molecule has 0 aromatic rings. The highest BCUT2D eigenvalue weighted by Crippen LogP contribution is 2.08. The van der Waals surface area contributed by atoms with Crippen LogP contribution in [0.2, 0.25) is 0 Å². The maximum absolute atomic E-state index is 10.5. The van der Waals surface area contributed by atoms with Gasteiger partial charge in [0.1, 0.15) is 0 Å². The van der Waals surface area contributed by atoms with Crippen molar-refractivity contribution in [1.82, 2.24) is 0 Å². The number of allylic oxidation sites excluding steroid dienone is 1. The van der Waals surface area contributed by atoms with Crippen molar-refractivity contribution in [3.63, 3.8) is 0 Å². The Hall–Kier alpha value is -0.790. The molecule has 0 amide bonds. The van der Waals surface area contributed by atoms with Crippen LogP contribution in [0.15, 0.2) is 11.6 Å². The zero-order valence-corrected chi connectivity index (χ0v) is 9.34. The van der Waals surface area contributed by atoms with Crippen molar-refractivity contribution in [3.8, 4) is 0 Å². The average Bonchev–Trinajstić information content (AvgIpc) is 2.16. The standard InChI is InChI=1S/C12H22O2/c1-3-5-6-7-8-9-10-11(4-2)12(13)14/h10H,3-9H2,1-2H3,(H,13,14)/p-1/b11-10+. The van der Waals surface area contributed by atoms with E-state index >= 15 is 0 Å². The fourth-order valence-electron chi connectivity index (χ4n) is 1.40. The first-order valence-electron chi connectivity index (χ1n) is 5.62. The van der Waals surface area contributed by atoms with E-state index in [4.69, 9.17) is 0 Å². The first-order valence-corrected chi connectivity index (χ1v) is 5.62. The summed E-state index contributed by atoms with van der Waals surface area (Å²) in [7, 11) is 0. The van der Waals surface area contributed by atoms with Crippen LogP contribution in [0, 0.1) is 0 Å². The maximum Gasteiger partial charge on any atom is 0.0671 e. The summed E-state index contributed by atoms with van der Waals surface area (Å²) >= 11 is 0. The number of carbonyl (C=O) groups is 1. The molecule has 0 aromatic carbocycles. The van der Waals surface area contributed by atoms with Crippen LogP contribution in [-0.2, 0) is 4.79 Å². The molecule has 2 nitrogen and oxygen atoms in total. The molecule has 2 heteroatoms. The molecule has 0 spiro atoms. The van der Waals surface area contributed by atoms with Crippen LogP contribution in [0.4, 0.5) is 0 Å².